The summed E-state index contributed by atoms with van der Waals surface area (Å²) in [7, 11) is 0. The summed E-state index contributed by atoms with van der Waals surface area (Å²) < 4.78 is 0.249. The number of amides is 1. The number of aliphatic carboxylic acids is 1. The van der Waals surface area contributed by atoms with Gasteiger partial charge in [-0.3, -0.25) is 9.69 Å². The molecule has 1 unspecified atom stereocenters. The van der Waals surface area contributed by atoms with E-state index in [1.54, 1.807) is 18.2 Å². The van der Waals surface area contributed by atoms with Crippen LogP contribution in [0.3, 0.4) is 0 Å². The van der Waals surface area contributed by atoms with Crippen LogP contribution in [0.1, 0.15) is 12.1 Å². The van der Waals surface area contributed by atoms with Gasteiger partial charge in [0.1, 0.15) is 10.4 Å². The van der Waals surface area contributed by atoms with E-state index in [9.17, 15) is 14.7 Å². The Hall–Kier alpha value is -1.61. The van der Waals surface area contributed by atoms with Crippen LogP contribution in [0.25, 0.3) is 17.0 Å². The molecule has 2 aromatic rings. The third-order valence-corrected chi connectivity index (χ3v) is 6.27. The fraction of sp³-hybridized carbons (Fsp3) is 0.222. The third kappa shape index (κ3) is 4.29. The van der Waals surface area contributed by atoms with Crippen molar-refractivity contribution in [1.29, 1.82) is 0 Å². The van der Waals surface area contributed by atoms with Crippen LogP contribution in [0.4, 0.5) is 0 Å². The number of thiocarbonyl (C=S) groups is 1. The zero-order chi connectivity index (χ0) is 19.6. The van der Waals surface area contributed by atoms with Crippen molar-refractivity contribution in [2.45, 2.75) is 12.5 Å². The molecule has 1 aromatic heterocycles. The van der Waals surface area contributed by atoms with E-state index in [0.717, 1.165) is 17.1 Å². The molecule has 1 aromatic carbocycles. The average molecular weight is 439 g/mol. The van der Waals surface area contributed by atoms with Crippen molar-refractivity contribution >= 4 is 80.5 Å². The lowest BCUT2D eigenvalue weighted by Gasteiger charge is -2.22. The highest BCUT2D eigenvalue weighted by Crippen LogP contribution is 2.35. The summed E-state index contributed by atoms with van der Waals surface area (Å²) in [4.78, 5) is 30.4. The number of carbonyl (C=O) groups is 2. The third-order valence-electron chi connectivity index (χ3n) is 3.99. The van der Waals surface area contributed by atoms with Crippen LogP contribution in [-0.2, 0) is 9.59 Å². The van der Waals surface area contributed by atoms with Gasteiger partial charge in [0.15, 0.2) is 0 Å². The molecule has 0 spiro atoms. The summed E-state index contributed by atoms with van der Waals surface area (Å²) in [6.45, 7) is 0. The minimum atomic E-state index is -1.06. The van der Waals surface area contributed by atoms with Crippen LogP contribution >= 0.6 is 47.3 Å². The molecule has 3 rings (SSSR count). The van der Waals surface area contributed by atoms with E-state index in [1.165, 1.54) is 16.7 Å². The number of carboxylic acids is 1. The highest BCUT2D eigenvalue weighted by atomic mass is 35.5. The van der Waals surface area contributed by atoms with Gasteiger partial charge in [-0.25, -0.2) is 9.78 Å². The second-order valence-electron chi connectivity index (χ2n) is 5.73. The molecule has 1 N–H and O–H groups in total. The predicted molar refractivity (Wildman–Crippen MR) is 116 cm³/mol. The van der Waals surface area contributed by atoms with Crippen molar-refractivity contribution in [3.8, 4) is 0 Å². The minimum absolute atomic E-state index is 0.249. The van der Waals surface area contributed by atoms with Crippen LogP contribution in [-0.4, -0.2) is 49.2 Å². The van der Waals surface area contributed by atoms with Gasteiger partial charge < -0.3 is 5.11 Å². The number of thioether (sulfide) groups is 2. The predicted octanol–water partition coefficient (Wildman–Crippen LogP) is 4.30. The van der Waals surface area contributed by atoms with Crippen molar-refractivity contribution in [2.24, 2.45) is 0 Å². The first-order valence-electron chi connectivity index (χ1n) is 7.96. The maximum Gasteiger partial charge on any atom is 0.326 e. The Kier molecular flexibility index (Phi) is 6.41. The topological polar surface area (TPSA) is 70.5 Å². The summed E-state index contributed by atoms with van der Waals surface area (Å²) in [5.74, 6) is -0.839. The molecule has 0 bridgehead atoms. The zero-order valence-electron chi connectivity index (χ0n) is 14.2. The van der Waals surface area contributed by atoms with Gasteiger partial charge in [-0.05, 0) is 36.6 Å². The zero-order valence-corrected chi connectivity index (χ0v) is 17.4. The maximum atomic E-state index is 12.8. The number of halogens is 1. The number of rotatable bonds is 6. The lowest BCUT2D eigenvalue weighted by atomic mass is 10.2. The standard InChI is InChI=1S/C18H15ClN2O3S3/c1-26-8-7-13(17(23)24)21-16(22)14(27-18(21)25)9-11-6-5-10-3-2-4-12(19)15(10)20-11/h2-6,9,13H,7-8H2,1H3,(H,23,24). The van der Waals surface area contributed by atoms with Crippen molar-refractivity contribution in [1.82, 2.24) is 9.88 Å². The number of carbonyl (C=O) groups excluding carboxylic acids is 1. The molecular weight excluding hydrogens is 424 g/mol. The lowest BCUT2D eigenvalue weighted by Crippen LogP contribution is -2.44. The quantitative estimate of drug-likeness (QED) is 0.532. The van der Waals surface area contributed by atoms with Crippen molar-refractivity contribution in [3.63, 3.8) is 0 Å². The van der Waals surface area contributed by atoms with E-state index in [4.69, 9.17) is 23.8 Å². The second-order valence-corrected chi connectivity index (χ2v) is 8.80. The highest BCUT2D eigenvalue weighted by molar-refractivity contribution is 8.26. The Labute approximate surface area is 175 Å². The molecule has 5 nitrogen and oxygen atoms in total. The number of hydrogen-bond acceptors (Lipinski definition) is 6. The minimum Gasteiger partial charge on any atom is -0.480 e. The first-order valence-corrected chi connectivity index (χ1v) is 11.0. The van der Waals surface area contributed by atoms with Crippen molar-refractivity contribution in [2.75, 3.05) is 12.0 Å². The number of fused-ring (bicyclic) bond motifs is 1. The monoisotopic (exact) mass is 438 g/mol. The Morgan fingerprint density at radius 1 is 1.44 bits per heavy atom. The Bertz CT molecular complexity index is 964. The van der Waals surface area contributed by atoms with Gasteiger partial charge in [-0.1, -0.05) is 53.8 Å². The smallest absolute Gasteiger partial charge is 0.326 e. The fourth-order valence-corrected chi connectivity index (χ4v) is 4.71. The molecule has 1 aliphatic heterocycles. The molecule has 1 saturated heterocycles. The summed E-state index contributed by atoms with van der Waals surface area (Å²) >= 11 is 14.1. The van der Waals surface area contributed by atoms with Gasteiger partial charge in [0.2, 0.25) is 0 Å². The van der Waals surface area contributed by atoms with Crippen LogP contribution in [0.15, 0.2) is 35.2 Å². The summed E-state index contributed by atoms with van der Waals surface area (Å²) in [6.07, 6.45) is 3.84. The van der Waals surface area contributed by atoms with Crippen LogP contribution < -0.4 is 0 Å². The molecule has 0 radical (unpaired) electrons. The normalized spacial score (nSPS) is 17.1. The fourth-order valence-electron chi connectivity index (χ4n) is 2.68. The molecule has 1 aliphatic rings. The number of carboxylic acid groups (broad SMARTS) is 1. The molecule has 1 amide bonds. The van der Waals surface area contributed by atoms with E-state index < -0.39 is 17.9 Å². The molecule has 0 aliphatic carbocycles. The number of hydrogen-bond donors (Lipinski definition) is 1. The number of pyridine rings is 1. The van der Waals surface area contributed by atoms with E-state index in [-0.39, 0.29) is 4.32 Å². The molecule has 1 fully saturated rings. The number of aromatic nitrogens is 1. The molecule has 27 heavy (non-hydrogen) atoms. The molecule has 2 heterocycles. The summed E-state index contributed by atoms with van der Waals surface area (Å²) in [5, 5.41) is 10.9. The average Bonchev–Trinajstić information content (AvgIpc) is 2.90. The Morgan fingerprint density at radius 3 is 2.93 bits per heavy atom. The van der Waals surface area contributed by atoms with Gasteiger partial charge in [0.25, 0.3) is 5.91 Å². The highest BCUT2D eigenvalue weighted by Gasteiger charge is 2.40. The van der Waals surface area contributed by atoms with Gasteiger partial charge in [-0.15, -0.1) is 0 Å². The van der Waals surface area contributed by atoms with Crippen LogP contribution in [0, 0.1) is 0 Å². The van der Waals surface area contributed by atoms with Crippen molar-refractivity contribution < 1.29 is 14.7 Å². The second kappa shape index (κ2) is 8.60. The first kappa shape index (κ1) is 20.1. The first-order chi connectivity index (χ1) is 12.9. The summed E-state index contributed by atoms with van der Waals surface area (Å²) in [6, 6.07) is 8.20. The van der Waals surface area contributed by atoms with E-state index in [2.05, 4.69) is 4.98 Å². The lowest BCUT2D eigenvalue weighted by molar-refractivity contribution is -0.145. The largest absolute Gasteiger partial charge is 0.480 e. The molecule has 9 heteroatoms. The van der Waals surface area contributed by atoms with Crippen LogP contribution in [0.5, 0.6) is 0 Å². The maximum absolute atomic E-state index is 12.8. The van der Waals surface area contributed by atoms with Crippen LogP contribution in [0.2, 0.25) is 5.02 Å². The van der Waals surface area contributed by atoms with Crippen molar-refractivity contribution in [3.05, 3.63) is 46.0 Å². The number of benzene rings is 1. The van der Waals surface area contributed by atoms with Gasteiger partial charge in [0.05, 0.1) is 21.1 Å². The SMILES string of the molecule is CSCCC(C(=O)O)N1C(=O)C(=Cc2ccc3cccc(Cl)c3n2)SC1=S. The Balaban J connectivity index is 1.92. The molecule has 140 valence electrons. The number of nitrogens with zero attached hydrogens (tertiary/aromatic N) is 2. The van der Waals surface area contributed by atoms with E-state index >= 15 is 0 Å². The summed E-state index contributed by atoms with van der Waals surface area (Å²) in [5.41, 5.74) is 1.21. The van der Waals surface area contributed by atoms with Gasteiger partial charge in [-0.2, -0.15) is 11.8 Å². The van der Waals surface area contributed by atoms with Gasteiger partial charge >= 0.3 is 5.97 Å². The van der Waals surface area contributed by atoms with E-state index in [1.807, 2.05) is 24.5 Å². The molecular formula is C18H15ClN2O3S3. The van der Waals surface area contributed by atoms with E-state index in [0.29, 0.717) is 33.3 Å². The Morgan fingerprint density at radius 2 is 2.22 bits per heavy atom. The molecule has 1 atom stereocenters. The molecule has 0 saturated carbocycles. The van der Waals surface area contributed by atoms with Gasteiger partial charge in [0, 0.05) is 5.39 Å². The number of para-hydroxylation sites is 1.